The summed E-state index contributed by atoms with van der Waals surface area (Å²) in [6, 6.07) is 12.5. The molecule has 6 nitrogen and oxygen atoms in total. The molecule has 2 aromatic carbocycles. The molecule has 0 spiro atoms. The normalized spacial score (nSPS) is 15.5. The van der Waals surface area contributed by atoms with Gasteiger partial charge >= 0.3 is 5.97 Å². The van der Waals surface area contributed by atoms with Crippen LogP contribution in [-0.2, 0) is 4.79 Å². The summed E-state index contributed by atoms with van der Waals surface area (Å²) in [5, 5.41) is 22.6. The molecule has 1 aliphatic rings. The summed E-state index contributed by atoms with van der Waals surface area (Å²) in [5.74, 6) is -1.22. The van der Waals surface area contributed by atoms with Crippen molar-refractivity contribution in [1.29, 1.82) is 0 Å². The Labute approximate surface area is 171 Å². The van der Waals surface area contributed by atoms with Crippen molar-refractivity contribution in [2.75, 3.05) is 12.4 Å². The fourth-order valence-electron chi connectivity index (χ4n) is 3.61. The number of hydrogen-bond acceptors (Lipinski definition) is 5. The molecule has 0 fully saturated rings. The van der Waals surface area contributed by atoms with Crippen molar-refractivity contribution in [3.63, 3.8) is 0 Å². The maximum Gasteiger partial charge on any atom is 0.346 e. The Morgan fingerprint density at radius 1 is 1.21 bits per heavy atom. The van der Waals surface area contributed by atoms with E-state index in [4.69, 9.17) is 4.74 Å². The van der Waals surface area contributed by atoms with Crippen molar-refractivity contribution in [3.05, 3.63) is 63.3 Å². The Hall–Kier alpha value is -3.32. The predicted molar refractivity (Wildman–Crippen MR) is 111 cm³/mol. The molecular formula is C22H19NO5S. The number of carboxylic acids is 1. The molecule has 1 aliphatic heterocycles. The summed E-state index contributed by atoms with van der Waals surface area (Å²) in [4.78, 5) is 25.5. The number of phenolic OH excluding ortho intramolecular Hbond substituents is 1. The standard InChI is InChI=1S/C22H19NO5S/c1-11-3-5-12(6-4-11)18-19-20(29-21(18)22(26)27)14(10-17(25)23-19)13-7-8-15(24)16(9-13)28-2/h3-9,14,24H,10H2,1-2H3,(H,23,25)(H,26,27)/t14-/m1/s1. The fourth-order valence-corrected chi connectivity index (χ4v) is 4.86. The second kappa shape index (κ2) is 7.25. The van der Waals surface area contributed by atoms with Gasteiger partial charge in [-0.15, -0.1) is 11.3 Å². The molecule has 3 N–H and O–H groups in total. The first-order valence-electron chi connectivity index (χ1n) is 9.02. The van der Waals surface area contributed by atoms with Gasteiger partial charge in [-0.3, -0.25) is 4.79 Å². The molecule has 7 heteroatoms. The molecule has 3 aromatic rings. The van der Waals surface area contributed by atoms with Gasteiger partial charge in [0.2, 0.25) is 5.91 Å². The summed E-state index contributed by atoms with van der Waals surface area (Å²) in [7, 11) is 1.46. The zero-order valence-corrected chi connectivity index (χ0v) is 16.7. The van der Waals surface area contributed by atoms with Crippen LogP contribution < -0.4 is 10.1 Å². The Balaban J connectivity index is 1.92. The number of thiophene rings is 1. The lowest BCUT2D eigenvalue weighted by molar-refractivity contribution is -0.116. The molecule has 0 radical (unpaired) electrons. The summed E-state index contributed by atoms with van der Waals surface area (Å²) < 4.78 is 5.20. The van der Waals surface area contributed by atoms with Crippen molar-refractivity contribution in [1.82, 2.24) is 0 Å². The molecule has 2 heterocycles. The molecule has 148 valence electrons. The number of benzene rings is 2. The number of aromatic hydroxyl groups is 1. The van der Waals surface area contributed by atoms with Crippen LogP contribution >= 0.6 is 11.3 Å². The van der Waals surface area contributed by atoms with Gasteiger partial charge in [0, 0.05) is 22.8 Å². The number of carbonyl (C=O) groups is 2. The molecule has 0 bridgehead atoms. The van der Waals surface area contributed by atoms with Crippen LogP contribution in [0.5, 0.6) is 11.5 Å². The molecule has 1 amide bonds. The molecule has 0 saturated carbocycles. The van der Waals surface area contributed by atoms with Gasteiger partial charge in [-0.25, -0.2) is 4.79 Å². The second-order valence-electron chi connectivity index (χ2n) is 6.95. The van der Waals surface area contributed by atoms with Gasteiger partial charge in [-0.1, -0.05) is 35.9 Å². The number of carbonyl (C=O) groups excluding carboxylic acids is 1. The number of hydrogen-bond donors (Lipinski definition) is 3. The lowest BCUT2D eigenvalue weighted by atomic mass is 9.88. The first kappa shape index (κ1) is 19.0. The zero-order chi connectivity index (χ0) is 20.7. The van der Waals surface area contributed by atoms with E-state index in [2.05, 4.69) is 5.32 Å². The highest BCUT2D eigenvalue weighted by atomic mass is 32.1. The smallest absolute Gasteiger partial charge is 0.346 e. The molecular weight excluding hydrogens is 390 g/mol. The number of anilines is 1. The Kier molecular flexibility index (Phi) is 4.76. The SMILES string of the molecule is COc1cc([C@H]2CC(=O)Nc3c2sc(C(=O)O)c3-c2ccc(C)cc2)ccc1O. The number of rotatable bonds is 4. The third kappa shape index (κ3) is 3.34. The summed E-state index contributed by atoms with van der Waals surface area (Å²) in [6.07, 6.45) is 0.188. The molecule has 0 saturated heterocycles. The van der Waals surface area contributed by atoms with Crippen LogP contribution in [-0.4, -0.2) is 29.2 Å². The van der Waals surface area contributed by atoms with Crippen molar-refractivity contribution in [3.8, 4) is 22.6 Å². The van der Waals surface area contributed by atoms with Crippen LogP contribution in [0, 0.1) is 6.92 Å². The zero-order valence-electron chi connectivity index (χ0n) is 15.9. The molecule has 1 atom stereocenters. The van der Waals surface area contributed by atoms with Crippen LogP contribution in [0.15, 0.2) is 42.5 Å². The molecule has 1 aromatic heterocycles. The van der Waals surface area contributed by atoms with E-state index < -0.39 is 5.97 Å². The van der Waals surface area contributed by atoms with E-state index in [-0.39, 0.29) is 28.9 Å². The van der Waals surface area contributed by atoms with Crippen molar-refractivity contribution in [2.45, 2.75) is 19.3 Å². The number of carboxylic acid groups (broad SMARTS) is 1. The Bertz CT molecular complexity index is 1120. The van der Waals surface area contributed by atoms with E-state index >= 15 is 0 Å². The lowest BCUT2D eigenvalue weighted by Gasteiger charge is -2.24. The minimum Gasteiger partial charge on any atom is -0.504 e. The number of nitrogens with one attached hydrogen (secondary N) is 1. The third-order valence-corrected chi connectivity index (χ3v) is 6.34. The van der Waals surface area contributed by atoms with E-state index in [9.17, 15) is 19.8 Å². The van der Waals surface area contributed by atoms with E-state index in [0.29, 0.717) is 17.0 Å². The predicted octanol–water partition coefficient (Wildman–Crippen LogP) is 4.61. The lowest BCUT2D eigenvalue weighted by Crippen LogP contribution is -2.22. The van der Waals surface area contributed by atoms with Crippen molar-refractivity contribution >= 4 is 28.9 Å². The number of amides is 1. The Morgan fingerprint density at radius 3 is 2.59 bits per heavy atom. The maximum atomic E-state index is 12.5. The number of aryl methyl sites for hydroxylation is 1. The number of fused-ring (bicyclic) bond motifs is 1. The quantitative estimate of drug-likeness (QED) is 0.585. The number of methoxy groups -OCH3 is 1. The van der Waals surface area contributed by atoms with Crippen LogP contribution in [0.2, 0.25) is 0 Å². The second-order valence-corrected chi connectivity index (χ2v) is 8.00. The molecule has 0 unspecified atom stereocenters. The van der Waals surface area contributed by atoms with Gasteiger partial charge in [-0.2, -0.15) is 0 Å². The van der Waals surface area contributed by atoms with Crippen LogP contribution in [0.3, 0.4) is 0 Å². The van der Waals surface area contributed by atoms with E-state index in [0.717, 1.165) is 21.6 Å². The van der Waals surface area contributed by atoms with Crippen molar-refractivity contribution in [2.24, 2.45) is 0 Å². The van der Waals surface area contributed by atoms with E-state index in [1.54, 1.807) is 12.1 Å². The number of phenols is 1. The van der Waals surface area contributed by atoms with Gasteiger partial charge in [0.15, 0.2) is 11.5 Å². The summed E-state index contributed by atoms with van der Waals surface area (Å²) in [6.45, 7) is 1.96. The number of aromatic carboxylic acids is 1. The highest BCUT2D eigenvalue weighted by molar-refractivity contribution is 7.15. The van der Waals surface area contributed by atoms with Gasteiger partial charge in [-0.05, 0) is 30.2 Å². The topological polar surface area (TPSA) is 95.9 Å². The van der Waals surface area contributed by atoms with E-state index in [1.165, 1.54) is 24.5 Å². The summed E-state index contributed by atoms with van der Waals surface area (Å²) in [5.41, 5.74) is 3.66. The fraction of sp³-hybridized carbons (Fsp3) is 0.182. The maximum absolute atomic E-state index is 12.5. The van der Waals surface area contributed by atoms with Crippen LogP contribution in [0.25, 0.3) is 11.1 Å². The highest BCUT2D eigenvalue weighted by Crippen LogP contribution is 2.50. The van der Waals surface area contributed by atoms with Crippen molar-refractivity contribution < 1.29 is 24.5 Å². The van der Waals surface area contributed by atoms with Crippen LogP contribution in [0.1, 0.15) is 38.0 Å². The molecule has 4 rings (SSSR count). The van der Waals surface area contributed by atoms with Gasteiger partial charge in [0.25, 0.3) is 0 Å². The van der Waals surface area contributed by atoms with Crippen LogP contribution in [0.4, 0.5) is 5.69 Å². The minimum absolute atomic E-state index is 0.00878. The minimum atomic E-state index is -1.03. The van der Waals surface area contributed by atoms with Gasteiger partial charge in [0.1, 0.15) is 4.88 Å². The average molecular weight is 409 g/mol. The van der Waals surface area contributed by atoms with E-state index in [1.807, 2.05) is 31.2 Å². The largest absolute Gasteiger partial charge is 0.504 e. The summed E-state index contributed by atoms with van der Waals surface area (Å²) >= 11 is 1.17. The number of ether oxygens (including phenoxy) is 1. The van der Waals surface area contributed by atoms with Gasteiger partial charge < -0.3 is 20.3 Å². The Morgan fingerprint density at radius 2 is 1.93 bits per heavy atom. The highest BCUT2D eigenvalue weighted by Gasteiger charge is 2.34. The molecule has 0 aliphatic carbocycles. The average Bonchev–Trinajstić information content (AvgIpc) is 3.08. The molecule has 29 heavy (non-hydrogen) atoms. The first-order valence-corrected chi connectivity index (χ1v) is 9.84. The third-order valence-electron chi connectivity index (χ3n) is 5.05. The van der Waals surface area contributed by atoms with Gasteiger partial charge in [0.05, 0.1) is 12.8 Å². The monoisotopic (exact) mass is 409 g/mol. The first-order chi connectivity index (χ1) is 13.9.